The second-order valence-corrected chi connectivity index (χ2v) is 5.69. The molecule has 2 rings (SSSR count). The number of hydrogen-bond donors (Lipinski definition) is 2. The lowest BCUT2D eigenvalue weighted by Gasteiger charge is -2.16. The number of primary amides is 1. The number of hydrogen-bond acceptors (Lipinski definition) is 3. The maximum atomic E-state index is 12.1. The minimum Gasteiger partial charge on any atom is -0.495 e. The first kappa shape index (κ1) is 17.8. The Morgan fingerprint density at radius 2 is 1.92 bits per heavy atom. The van der Waals surface area contributed by atoms with Crippen LogP contribution >= 0.6 is 11.6 Å². The molecule has 6 heteroatoms. The van der Waals surface area contributed by atoms with Crippen LogP contribution in [0.3, 0.4) is 0 Å². The van der Waals surface area contributed by atoms with Gasteiger partial charge < -0.3 is 15.8 Å². The highest BCUT2D eigenvalue weighted by Gasteiger charge is 2.19. The number of carbonyl (C=O) groups excluding carboxylic acids is 2. The summed E-state index contributed by atoms with van der Waals surface area (Å²) < 4.78 is 5.09. The van der Waals surface area contributed by atoms with Gasteiger partial charge in [0.2, 0.25) is 11.8 Å². The van der Waals surface area contributed by atoms with E-state index in [1.165, 1.54) is 0 Å². The van der Waals surface area contributed by atoms with E-state index in [0.29, 0.717) is 22.8 Å². The van der Waals surface area contributed by atoms with Gasteiger partial charge in [-0.15, -0.1) is 0 Å². The zero-order chi connectivity index (χ0) is 17.5. The first-order chi connectivity index (χ1) is 11.5. The summed E-state index contributed by atoms with van der Waals surface area (Å²) in [6.45, 7) is 0. The lowest BCUT2D eigenvalue weighted by atomic mass is 10.1. The van der Waals surface area contributed by atoms with Crippen LogP contribution < -0.4 is 15.8 Å². The number of rotatable bonds is 7. The Morgan fingerprint density at radius 3 is 2.50 bits per heavy atom. The molecule has 2 aromatic rings. The molecule has 0 bridgehead atoms. The molecule has 5 nitrogen and oxygen atoms in total. The number of nitrogens with two attached hydrogens (primary N) is 1. The standard InChI is InChI=1S/C18H19ClN2O3/c1-24-15-9-7-12(11-14(15)19)8-10-16(22)21-17(18(20)23)13-5-3-2-4-6-13/h2-7,9,11,17H,8,10H2,1H3,(H2,20,23)(H,21,22)/t17-/m1/s1. The van der Waals surface area contributed by atoms with Crippen molar-refractivity contribution in [2.75, 3.05) is 7.11 Å². The van der Waals surface area contributed by atoms with Crippen LogP contribution in [0, 0.1) is 0 Å². The summed E-state index contributed by atoms with van der Waals surface area (Å²) >= 11 is 6.06. The number of ether oxygens (including phenoxy) is 1. The average molecular weight is 347 g/mol. The summed E-state index contributed by atoms with van der Waals surface area (Å²) in [4.78, 5) is 23.7. The van der Waals surface area contributed by atoms with Crippen molar-refractivity contribution < 1.29 is 14.3 Å². The Labute approximate surface area is 145 Å². The largest absolute Gasteiger partial charge is 0.495 e. The van der Waals surface area contributed by atoms with E-state index in [2.05, 4.69) is 5.32 Å². The smallest absolute Gasteiger partial charge is 0.244 e. The molecule has 2 amide bonds. The molecule has 0 unspecified atom stereocenters. The minimum atomic E-state index is -0.835. The SMILES string of the molecule is COc1ccc(CCC(=O)N[C@@H](C(N)=O)c2ccccc2)cc1Cl. The van der Waals surface area contributed by atoms with Crippen molar-refractivity contribution in [3.8, 4) is 5.75 Å². The third-order valence-electron chi connectivity index (χ3n) is 3.58. The van der Waals surface area contributed by atoms with Crippen LogP contribution in [0.2, 0.25) is 5.02 Å². The van der Waals surface area contributed by atoms with Crippen LogP contribution in [0.5, 0.6) is 5.75 Å². The molecular weight excluding hydrogens is 328 g/mol. The fraction of sp³-hybridized carbons (Fsp3) is 0.222. The van der Waals surface area contributed by atoms with Crippen molar-refractivity contribution in [2.45, 2.75) is 18.9 Å². The molecule has 0 aromatic heterocycles. The van der Waals surface area contributed by atoms with Gasteiger partial charge in [0, 0.05) is 6.42 Å². The lowest BCUT2D eigenvalue weighted by Crippen LogP contribution is -2.37. The van der Waals surface area contributed by atoms with Crippen LogP contribution in [-0.4, -0.2) is 18.9 Å². The molecule has 0 spiro atoms. The molecule has 0 saturated heterocycles. The van der Waals surface area contributed by atoms with Crippen molar-refractivity contribution in [1.82, 2.24) is 5.32 Å². The zero-order valence-electron chi connectivity index (χ0n) is 13.3. The van der Waals surface area contributed by atoms with Gasteiger partial charge in [-0.1, -0.05) is 48.0 Å². The maximum absolute atomic E-state index is 12.1. The van der Waals surface area contributed by atoms with Gasteiger partial charge in [0.15, 0.2) is 0 Å². The van der Waals surface area contributed by atoms with Gasteiger partial charge in [-0.3, -0.25) is 9.59 Å². The number of amides is 2. The van der Waals surface area contributed by atoms with Gasteiger partial charge in [-0.25, -0.2) is 0 Å². The van der Waals surface area contributed by atoms with E-state index < -0.39 is 11.9 Å². The van der Waals surface area contributed by atoms with E-state index in [9.17, 15) is 9.59 Å². The van der Waals surface area contributed by atoms with Crippen molar-refractivity contribution >= 4 is 23.4 Å². The van der Waals surface area contributed by atoms with E-state index in [4.69, 9.17) is 22.1 Å². The van der Waals surface area contributed by atoms with E-state index in [-0.39, 0.29) is 12.3 Å². The van der Waals surface area contributed by atoms with Crippen LogP contribution in [-0.2, 0) is 16.0 Å². The molecule has 0 saturated carbocycles. The first-order valence-electron chi connectivity index (χ1n) is 7.47. The third-order valence-corrected chi connectivity index (χ3v) is 3.88. The summed E-state index contributed by atoms with van der Waals surface area (Å²) in [5, 5.41) is 3.16. The van der Waals surface area contributed by atoms with E-state index in [0.717, 1.165) is 5.56 Å². The van der Waals surface area contributed by atoms with Gasteiger partial charge in [-0.2, -0.15) is 0 Å². The molecule has 3 N–H and O–H groups in total. The molecule has 0 aliphatic heterocycles. The molecule has 0 fully saturated rings. The van der Waals surface area contributed by atoms with E-state index in [1.54, 1.807) is 43.5 Å². The van der Waals surface area contributed by atoms with E-state index >= 15 is 0 Å². The Morgan fingerprint density at radius 1 is 1.21 bits per heavy atom. The predicted octanol–water partition coefficient (Wildman–Crippen LogP) is 2.62. The average Bonchev–Trinajstić information content (AvgIpc) is 2.58. The highest BCUT2D eigenvalue weighted by Crippen LogP contribution is 2.25. The Hall–Kier alpha value is -2.53. The molecule has 1 atom stereocenters. The predicted molar refractivity (Wildman–Crippen MR) is 92.8 cm³/mol. The molecule has 0 heterocycles. The van der Waals surface area contributed by atoms with Crippen molar-refractivity contribution in [3.63, 3.8) is 0 Å². The molecule has 2 aromatic carbocycles. The van der Waals surface area contributed by atoms with Crippen molar-refractivity contribution in [3.05, 3.63) is 64.7 Å². The number of carbonyl (C=O) groups is 2. The Balaban J connectivity index is 1.97. The summed E-state index contributed by atoms with van der Waals surface area (Å²) in [6, 6.07) is 13.4. The fourth-order valence-electron chi connectivity index (χ4n) is 2.32. The van der Waals surface area contributed by atoms with E-state index in [1.807, 2.05) is 12.1 Å². The fourth-order valence-corrected chi connectivity index (χ4v) is 2.60. The minimum absolute atomic E-state index is 0.221. The summed E-state index contributed by atoms with van der Waals surface area (Å²) in [6.07, 6.45) is 0.717. The van der Waals surface area contributed by atoms with Gasteiger partial charge in [-0.05, 0) is 29.7 Å². The lowest BCUT2D eigenvalue weighted by molar-refractivity contribution is -0.127. The number of benzene rings is 2. The summed E-state index contributed by atoms with van der Waals surface area (Å²) in [5.74, 6) is -0.264. The van der Waals surface area contributed by atoms with Crippen molar-refractivity contribution in [1.29, 1.82) is 0 Å². The second kappa shape index (κ2) is 8.36. The second-order valence-electron chi connectivity index (χ2n) is 5.28. The number of aryl methyl sites for hydroxylation is 1. The topological polar surface area (TPSA) is 81.4 Å². The highest BCUT2D eigenvalue weighted by molar-refractivity contribution is 6.32. The summed E-state index contributed by atoms with van der Waals surface area (Å²) in [5.41, 5.74) is 6.96. The molecule has 0 aliphatic rings. The highest BCUT2D eigenvalue weighted by atomic mass is 35.5. The molecule has 0 radical (unpaired) electrons. The van der Waals surface area contributed by atoms with Crippen LogP contribution in [0.15, 0.2) is 48.5 Å². The molecular formula is C18H19ClN2O3. The number of methoxy groups -OCH3 is 1. The molecule has 0 aliphatic carbocycles. The van der Waals surface area contributed by atoms with Gasteiger partial charge in [0.05, 0.1) is 12.1 Å². The van der Waals surface area contributed by atoms with Gasteiger partial charge in [0.1, 0.15) is 11.8 Å². The summed E-state index contributed by atoms with van der Waals surface area (Å²) in [7, 11) is 1.54. The molecule has 24 heavy (non-hydrogen) atoms. The number of nitrogens with one attached hydrogen (secondary N) is 1. The zero-order valence-corrected chi connectivity index (χ0v) is 14.0. The normalized spacial score (nSPS) is 11.6. The van der Waals surface area contributed by atoms with Gasteiger partial charge in [0.25, 0.3) is 0 Å². The van der Waals surface area contributed by atoms with Crippen LogP contribution in [0.1, 0.15) is 23.6 Å². The third kappa shape index (κ3) is 4.73. The maximum Gasteiger partial charge on any atom is 0.244 e. The van der Waals surface area contributed by atoms with Crippen LogP contribution in [0.25, 0.3) is 0 Å². The Bertz CT molecular complexity index is 719. The van der Waals surface area contributed by atoms with Crippen molar-refractivity contribution in [2.24, 2.45) is 5.73 Å². The first-order valence-corrected chi connectivity index (χ1v) is 7.85. The monoisotopic (exact) mass is 346 g/mol. The molecule has 126 valence electrons. The quantitative estimate of drug-likeness (QED) is 0.808. The Kier molecular flexibility index (Phi) is 6.21. The number of halogens is 1. The van der Waals surface area contributed by atoms with Crippen LogP contribution in [0.4, 0.5) is 0 Å². The van der Waals surface area contributed by atoms with Gasteiger partial charge >= 0.3 is 0 Å².